The highest BCUT2D eigenvalue weighted by Crippen LogP contribution is 2.33. The lowest BCUT2D eigenvalue weighted by Gasteiger charge is -2.27. The lowest BCUT2D eigenvalue weighted by atomic mass is 9.87. The number of rotatable bonds is 4. The predicted molar refractivity (Wildman–Crippen MR) is 134 cm³/mol. The Morgan fingerprint density at radius 2 is 1.61 bits per heavy atom. The number of hydrogen-bond acceptors (Lipinski definition) is 6. The molecule has 1 aliphatic rings. The maximum absolute atomic E-state index is 5.47. The van der Waals surface area contributed by atoms with Gasteiger partial charge in [-0.25, -0.2) is 9.97 Å². The van der Waals surface area contributed by atoms with Crippen molar-refractivity contribution >= 4 is 28.1 Å². The van der Waals surface area contributed by atoms with E-state index in [1.807, 2.05) is 30.7 Å². The van der Waals surface area contributed by atoms with Crippen molar-refractivity contribution in [2.75, 3.05) is 36.5 Å². The molecule has 0 amide bonds. The Labute approximate surface area is 194 Å². The number of nitrogens with one attached hydrogen (secondary N) is 1. The summed E-state index contributed by atoms with van der Waals surface area (Å²) in [4.78, 5) is 16.4. The molecule has 33 heavy (non-hydrogen) atoms. The van der Waals surface area contributed by atoms with Gasteiger partial charge in [0, 0.05) is 35.9 Å². The minimum Gasteiger partial charge on any atom is -0.378 e. The number of ether oxygens (including phenoxy) is 1. The van der Waals surface area contributed by atoms with E-state index in [0.29, 0.717) is 13.2 Å². The molecular weight excluding hydrogens is 410 g/mol. The Bertz CT molecular complexity index is 1260. The summed E-state index contributed by atoms with van der Waals surface area (Å²) < 4.78 is 5.47. The van der Waals surface area contributed by atoms with E-state index >= 15 is 0 Å². The van der Waals surface area contributed by atoms with Crippen LogP contribution in [0.3, 0.4) is 0 Å². The number of benzene rings is 2. The van der Waals surface area contributed by atoms with Crippen LogP contribution in [0.5, 0.6) is 0 Å². The molecule has 1 saturated heterocycles. The van der Waals surface area contributed by atoms with Crippen LogP contribution in [0.4, 0.5) is 17.3 Å². The average molecular weight is 440 g/mol. The number of fused-ring (bicyclic) bond motifs is 1. The molecule has 168 valence electrons. The minimum atomic E-state index is 0.127. The first-order chi connectivity index (χ1) is 16.0. The first-order valence-electron chi connectivity index (χ1n) is 11.4. The maximum Gasteiger partial charge on any atom is 0.147 e. The number of hydrogen-bond donors (Lipinski definition) is 1. The first-order valence-corrected chi connectivity index (χ1v) is 11.4. The van der Waals surface area contributed by atoms with Gasteiger partial charge in [-0.15, -0.1) is 0 Å². The van der Waals surface area contributed by atoms with Crippen LogP contribution in [-0.4, -0.2) is 41.3 Å². The van der Waals surface area contributed by atoms with E-state index in [2.05, 4.69) is 72.4 Å². The Hall–Kier alpha value is -3.51. The smallest absolute Gasteiger partial charge is 0.147 e. The van der Waals surface area contributed by atoms with E-state index in [0.717, 1.165) is 52.4 Å². The maximum atomic E-state index is 5.47. The lowest BCUT2D eigenvalue weighted by molar-refractivity contribution is 0.122. The van der Waals surface area contributed by atoms with Crippen LogP contribution < -0.4 is 10.2 Å². The second-order valence-electron chi connectivity index (χ2n) is 9.38. The van der Waals surface area contributed by atoms with Crippen LogP contribution in [0.2, 0.25) is 0 Å². The highest BCUT2D eigenvalue weighted by Gasteiger charge is 2.16. The van der Waals surface area contributed by atoms with Crippen molar-refractivity contribution in [1.29, 1.82) is 0 Å². The number of pyridine rings is 1. The highest BCUT2D eigenvalue weighted by atomic mass is 16.5. The molecule has 0 spiro atoms. The van der Waals surface area contributed by atoms with Crippen molar-refractivity contribution in [3.63, 3.8) is 0 Å². The molecule has 0 radical (unpaired) electrons. The summed E-state index contributed by atoms with van der Waals surface area (Å²) in [7, 11) is 0. The van der Waals surface area contributed by atoms with Crippen LogP contribution in [-0.2, 0) is 10.2 Å². The largest absolute Gasteiger partial charge is 0.378 e. The quantitative estimate of drug-likeness (QED) is 0.449. The second kappa shape index (κ2) is 8.79. The Morgan fingerprint density at radius 1 is 0.879 bits per heavy atom. The summed E-state index contributed by atoms with van der Waals surface area (Å²) in [6, 6.07) is 16.9. The number of morpholine rings is 1. The molecule has 4 aromatic rings. The number of anilines is 3. The van der Waals surface area contributed by atoms with Gasteiger partial charge in [0.05, 0.1) is 31.3 Å². The zero-order chi connectivity index (χ0) is 22.8. The van der Waals surface area contributed by atoms with E-state index in [1.165, 1.54) is 5.56 Å². The van der Waals surface area contributed by atoms with Gasteiger partial charge in [0.15, 0.2) is 0 Å². The minimum absolute atomic E-state index is 0.127. The molecular formula is C27H29N5O. The molecule has 2 aromatic heterocycles. The normalized spacial score (nSPS) is 14.5. The topological polar surface area (TPSA) is 63.2 Å². The third kappa shape index (κ3) is 4.52. The molecule has 0 saturated carbocycles. The van der Waals surface area contributed by atoms with Crippen molar-refractivity contribution < 1.29 is 4.74 Å². The Kier molecular flexibility index (Phi) is 5.68. The summed E-state index contributed by atoms with van der Waals surface area (Å²) in [5.74, 6) is 1.70. The molecule has 0 aliphatic carbocycles. The van der Waals surface area contributed by atoms with E-state index < -0.39 is 0 Å². The SMILES string of the molecule is CC(C)(C)c1ccc(Nc2ncc(-c3cncc(N4CCOCC4)n3)c3ccccc23)cc1. The molecule has 5 rings (SSSR count). The fourth-order valence-electron chi connectivity index (χ4n) is 4.12. The van der Waals surface area contributed by atoms with Gasteiger partial charge in [0.2, 0.25) is 0 Å². The Balaban J connectivity index is 1.49. The van der Waals surface area contributed by atoms with Gasteiger partial charge in [0.25, 0.3) is 0 Å². The van der Waals surface area contributed by atoms with Crippen LogP contribution >= 0.6 is 0 Å². The van der Waals surface area contributed by atoms with Gasteiger partial charge in [-0.05, 0) is 28.5 Å². The number of nitrogens with zero attached hydrogens (tertiary/aromatic N) is 4. The van der Waals surface area contributed by atoms with Crippen molar-refractivity contribution in [2.45, 2.75) is 26.2 Å². The monoisotopic (exact) mass is 439 g/mol. The fraction of sp³-hybridized carbons (Fsp3) is 0.296. The van der Waals surface area contributed by atoms with Gasteiger partial charge < -0.3 is 15.0 Å². The molecule has 1 aliphatic heterocycles. The Morgan fingerprint density at radius 3 is 2.33 bits per heavy atom. The highest BCUT2D eigenvalue weighted by molar-refractivity contribution is 6.01. The standard InChI is InChI=1S/C27H29N5O/c1-27(2,3)19-8-10-20(11-9-19)30-26-22-7-5-4-6-21(22)23(16-29-26)24-17-28-18-25(31-24)32-12-14-33-15-13-32/h4-11,16-18H,12-15H2,1-3H3,(H,29,30). The third-order valence-corrected chi connectivity index (χ3v) is 6.04. The predicted octanol–water partition coefficient (Wildman–Crippen LogP) is 5.57. The third-order valence-electron chi connectivity index (χ3n) is 6.04. The molecule has 3 heterocycles. The van der Waals surface area contributed by atoms with Crippen LogP contribution in [0, 0.1) is 0 Å². The zero-order valence-corrected chi connectivity index (χ0v) is 19.4. The van der Waals surface area contributed by atoms with Gasteiger partial charge >= 0.3 is 0 Å². The van der Waals surface area contributed by atoms with Crippen molar-refractivity contribution in [3.05, 3.63) is 72.7 Å². The molecule has 2 aromatic carbocycles. The summed E-state index contributed by atoms with van der Waals surface area (Å²) >= 11 is 0. The van der Waals surface area contributed by atoms with Gasteiger partial charge in [-0.3, -0.25) is 4.98 Å². The summed E-state index contributed by atoms with van der Waals surface area (Å²) in [5, 5.41) is 5.64. The molecule has 6 heteroatoms. The zero-order valence-electron chi connectivity index (χ0n) is 19.4. The van der Waals surface area contributed by atoms with Crippen molar-refractivity contribution in [2.24, 2.45) is 0 Å². The van der Waals surface area contributed by atoms with Gasteiger partial charge in [-0.1, -0.05) is 57.2 Å². The fourth-order valence-corrected chi connectivity index (χ4v) is 4.12. The molecule has 0 bridgehead atoms. The molecule has 6 nitrogen and oxygen atoms in total. The van der Waals surface area contributed by atoms with Crippen molar-refractivity contribution in [1.82, 2.24) is 15.0 Å². The van der Waals surface area contributed by atoms with Crippen LogP contribution in [0.15, 0.2) is 67.1 Å². The lowest BCUT2D eigenvalue weighted by Crippen LogP contribution is -2.36. The number of aromatic nitrogens is 3. The van der Waals surface area contributed by atoms with E-state index in [1.54, 1.807) is 0 Å². The first kappa shape index (κ1) is 21.3. The summed E-state index contributed by atoms with van der Waals surface area (Å²) in [6.07, 6.45) is 5.52. The van der Waals surface area contributed by atoms with E-state index in [-0.39, 0.29) is 5.41 Å². The molecule has 0 atom stereocenters. The molecule has 1 N–H and O–H groups in total. The second-order valence-corrected chi connectivity index (χ2v) is 9.38. The van der Waals surface area contributed by atoms with Gasteiger partial charge in [0.1, 0.15) is 11.6 Å². The van der Waals surface area contributed by atoms with E-state index in [9.17, 15) is 0 Å². The summed E-state index contributed by atoms with van der Waals surface area (Å²) in [6.45, 7) is 9.75. The van der Waals surface area contributed by atoms with Crippen molar-refractivity contribution in [3.8, 4) is 11.3 Å². The van der Waals surface area contributed by atoms with Crippen LogP contribution in [0.25, 0.3) is 22.0 Å². The van der Waals surface area contributed by atoms with E-state index in [4.69, 9.17) is 14.7 Å². The molecule has 0 unspecified atom stereocenters. The summed E-state index contributed by atoms with van der Waals surface area (Å²) in [5.41, 5.74) is 4.25. The molecule has 1 fully saturated rings. The van der Waals surface area contributed by atoms with Crippen LogP contribution in [0.1, 0.15) is 26.3 Å². The average Bonchev–Trinajstić information content (AvgIpc) is 2.85. The van der Waals surface area contributed by atoms with Gasteiger partial charge in [-0.2, -0.15) is 0 Å².